The fourth-order valence-corrected chi connectivity index (χ4v) is 4.17. The van der Waals surface area contributed by atoms with Gasteiger partial charge in [-0.1, -0.05) is 31.5 Å². The van der Waals surface area contributed by atoms with Crippen LogP contribution >= 0.6 is 0 Å². The summed E-state index contributed by atoms with van der Waals surface area (Å²) in [5, 5.41) is 11.1. The number of hydrogen-bond donors (Lipinski definition) is 2. The molecule has 0 aliphatic carbocycles. The van der Waals surface area contributed by atoms with Gasteiger partial charge in [-0.05, 0) is 12.5 Å². The van der Waals surface area contributed by atoms with Crippen LogP contribution in [-0.4, -0.2) is 51.8 Å². The number of methoxy groups -OCH3 is 1. The van der Waals surface area contributed by atoms with Gasteiger partial charge in [0.25, 0.3) is 0 Å². The third-order valence-corrected chi connectivity index (χ3v) is 6.01. The van der Waals surface area contributed by atoms with Crippen molar-refractivity contribution in [1.82, 2.24) is 9.62 Å². The Bertz CT molecular complexity index is 692. The molecule has 1 fully saturated rings. The molecule has 7 nitrogen and oxygen atoms in total. The third-order valence-electron chi connectivity index (χ3n) is 4.13. The van der Waals surface area contributed by atoms with Gasteiger partial charge in [0, 0.05) is 19.2 Å². The predicted molar refractivity (Wildman–Crippen MR) is 92.8 cm³/mol. The second-order valence-electron chi connectivity index (χ2n) is 5.89. The zero-order chi connectivity index (χ0) is 17.8. The van der Waals surface area contributed by atoms with E-state index in [2.05, 4.69) is 12.2 Å². The highest BCUT2D eigenvalue weighted by atomic mass is 32.2. The first-order valence-corrected chi connectivity index (χ1v) is 9.52. The first kappa shape index (κ1) is 18.5. The van der Waals surface area contributed by atoms with Crippen molar-refractivity contribution >= 4 is 16.0 Å². The molecule has 0 radical (unpaired) electrons. The van der Waals surface area contributed by atoms with Crippen LogP contribution in [0.5, 0.6) is 5.75 Å². The molecule has 1 atom stereocenters. The molecule has 1 heterocycles. The summed E-state index contributed by atoms with van der Waals surface area (Å²) in [5.41, 5.74) is -0.381. The second-order valence-corrected chi connectivity index (χ2v) is 7.89. The van der Waals surface area contributed by atoms with Crippen LogP contribution in [0.2, 0.25) is 0 Å². The summed E-state index contributed by atoms with van der Waals surface area (Å²) >= 11 is 0. The minimum absolute atomic E-state index is 0.142. The highest BCUT2D eigenvalue weighted by Crippen LogP contribution is 2.34. The zero-order valence-corrected chi connectivity index (χ0v) is 15.1. The van der Waals surface area contributed by atoms with E-state index >= 15 is 0 Å². The molecule has 8 heteroatoms. The highest BCUT2D eigenvalue weighted by Gasteiger charge is 2.46. The van der Waals surface area contributed by atoms with E-state index in [4.69, 9.17) is 14.9 Å². The molecular formula is C16H25N3O4S. The van der Waals surface area contributed by atoms with Crippen LogP contribution in [0.15, 0.2) is 24.3 Å². The Labute approximate surface area is 143 Å². The van der Waals surface area contributed by atoms with Gasteiger partial charge in [-0.25, -0.2) is 12.7 Å². The normalized spacial score (nSPS) is 23.0. The largest absolute Gasteiger partial charge is 0.496 e. The van der Waals surface area contributed by atoms with Crippen molar-refractivity contribution in [3.05, 3.63) is 29.8 Å². The Morgan fingerprint density at radius 2 is 2.08 bits per heavy atom. The first-order chi connectivity index (χ1) is 11.4. The molecule has 1 aliphatic heterocycles. The quantitative estimate of drug-likeness (QED) is 0.723. The number of rotatable bonds is 7. The minimum Gasteiger partial charge on any atom is -0.496 e. The van der Waals surface area contributed by atoms with Crippen molar-refractivity contribution in [2.45, 2.75) is 25.3 Å². The zero-order valence-electron chi connectivity index (χ0n) is 14.3. The Kier molecular flexibility index (Phi) is 5.71. The van der Waals surface area contributed by atoms with Gasteiger partial charge in [-0.15, -0.1) is 0 Å². The molecule has 0 unspecified atom stereocenters. The van der Waals surface area contributed by atoms with Crippen LogP contribution in [-0.2, 0) is 20.3 Å². The van der Waals surface area contributed by atoms with Gasteiger partial charge >= 0.3 is 0 Å². The fourth-order valence-electron chi connectivity index (χ4n) is 2.72. The lowest BCUT2D eigenvalue weighted by atomic mass is 9.91. The lowest BCUT2D eigenvalue weighted by molar-refractivity contribution is 0.0776. The lowest BCUT2D eigenvalue weighted by Gasteiger charge is -2.42. The maximum Gasteiger partial charge on any atom is 0.239 e. The van der Waals surface area contributed by atoms with Crippen molar-refractivity contribution in [3.63, 3.8) is 0 Å². The van der Waals surface area contributed by atoms with E-state index in [9.17, 15) is 8.42 Å². The van der Waals surface area contributed by atoms with Crippen molar-refractivity contribution in [3.8, 4) is 5.75 Å². The molecule has 0 saturated carbocycles. The number of sulfonamides is 1. The average Bonchev–Trinajstić information content (AvgIpc) is 2.56. The van der Waals surface area contributed by atoms with Crippen molar-refractivity contribution in [2.24, 2.45) is 0 Å². The van der Waals surface area contributed by atoms with Gasteiger partial charge in [-0.2, -0.15) is 0 Å². The standard InChI is InChI=1S/C16H25N3O4S/c1-4-5-10-23-11-16(13-8-6-7-9-14(13)22-3)12-24(20,21)19(2)15(17)18-16/h6-9H,4-5,10-12H2,1-3H3,(H2,17,18)/t16-/m0/s1. The fraction of sp³-hybridized carbons (Fsp3) is 0.562. The van der Waals surface area contributed by atoms with Gasteiger partial charge < -0.3 is 14.8 Å². The summed E-state index contributed by atoms with van der Waals surface area (Å²) < 4.78 is 37.1. The summed E-state index contributed by atoms with van der Waals surface area (Å²) in [4.78, 5) is 0. The van der Waals surface area contributed by atoms with Gasteiger partial charge in [0.15, 0.2) is 0 Å². The van der Waals surface area contributed by atoms with Crippen molar-refractivity contribution < 1.29 is 17.9 Å². The molecule has 1 aromatic rings. The first-order valence-electron chi connectivity index (χ1n) is 7.91. The molecule has 24 heavy (non-hydrogen) atoms. The van der Waals surface area contributed by atoms with Gasteiger partial charge in [0.05, 0.1) is 19.5 Å². The molecule has 2 N–H and O–H groups in total. The number of hydrogen-bond acceptors (Lipinski definition) is 5. The van der Waals surface area contributed by atoms with Crippen LogP contribution in [0.1, 0.15) is 25.3 Å². The Morgan fingerprint density at radius 3 is 2.71 bits per heavy atom. The molecule has 2 rings (SSSR count). The number of ether oxygens (including phenoxy) is 2. The topological polar surface area (TPSA) is 91.7 Å². The molecular weight excluding hydrogens is 330 g/mol. The average molecular weight is 355 g/mol. The Morgan fingerprint density at radius 1 is 1.38 bits per heavy atom. The summed E-state index contributed by atoms with van der Waals surface area (Å²) in [6.07, 6.45) is 1.89. The maximum absolute atomic E-state index is 12.5. The third kappa shape index (κ3) is 3.64. The predicted octanol–water partition coefficient (Wildman–Crippen LogP) is 1.51. The van der Waals surface area contributed by atoms with Crippen LogP contribution in [0.25, 0.3) is 0 Å². The number of unbranched alkanes of at least 4 members (excludes halogenated alkanes) is 1. The Hall–Kier alpha value is -1.80. The van der Waals surface area contributed by atoms with Crippen LogP contribution in [0.4, 0.5) is 0 Å². The van der Waals surface area contributed by atoms with E-state index in [1.807, 2.05) is 18.2 Å². The van der Waals surface area contributed by atoms with Crippen LogP contribution < -0.4 is 10.1 Å². The number of guanidine groups is 1. The van der Waals surface area contributed by atoms with Crippen molar-refractivity contribution in [2.75, 3.05) is 33.1 Å². The summed E-state index contributed by atoms with van der Waals surface area (Å²) in [6, 6.07) is 7.23. The second kappa shape index (κ2) is 7.40. The van der Waals surface area contributed by atoms with E-state index in [1.165, 1.54) is 7.05 Å². The summed E-state index contributed by atoms with van der Waals surface area (Å²) in [6.45, 7) is 2.74. The maximum atomic E-state index is 12.5. The van der Waals surface area contributed by atoms with E-state index in [1.54, 1.807) is 13.2 Å². The number of benzene rings is 1. The number of nitrogens with zero attached hydrogens (tertiary/aromatic N) is 1. The van der Waals surface area contributed by atoms with Gasteiger partial charge in [0.2, 0.25) is 16.0 Å². The van der Waals surface area contributed by atoms with Gasteiger partial charge in [0.1, 0.15) is 11.3 Å². The van der Waals surface area contributed by atoms with Gasteiger partial charge in [-0.3, -0.25) is 5.41 Å². The number of para-hydroxylation sites is 1. The molecule has 1 aromatic carbocycles. The lowest BCUT2D eigenvalue weighted by Crippen LogP contribution is -2.64. The van der Waals surface area contributed by atoms with E-state index < -0.39 is 15.6 Å². The SMILES string of the molecule is CCCCOC[C@@]1(c2ccccc2OC)CS(=O)(=O)N(C)C(=N)N1. The molecule has 0 amide bonds. The van der Waals surface area contributed by atoms with Crippen LogP contribution in [0, 0.1) is 5.41 Å². The number of nitrogens with one attached hydrogen (secondary N) is 2. The van der Waals surface area contributed by atoms with Crippen molar-refractivity contribution in [1.29, 1.82) is 5.41 Å². The Balaban J connectivity index is 2.44. The monoisotopic (exact) mass is 355 g/mol. The molecule has 0 aromatic heterocycles. The molecule has 1 aliphatic rings. The van der Waals surface area contributed by atoms with Crippen LogP contribution in [0.3, 0.4) is 0 Å². The summed E-state index contributed by atoms with van der Waals surface area (Å²) in [5.74, 6) is 0.189. The minimum atomic E-state index is -3.62. The van der Waals surface area contributed by atoms with E-state index in [0.717, 1.165) is 17.1 Å². The highest BCUT2D eigenvalue weighted by molar-refractivity contribution is 7.89. The molecule has 134 valence electrons. The smallest absolute Gasteiger partial charge is 0.239 e. The molecule has 0 spiro atoms. The van der Waals surface area contributed by atoms with E-state index in [-0.39, 0.29) is 18.3 Å². The molecule has 0 bridgehead atoms. The molecule has 1 saturated heterocycles. The summed E-state index contributed by atoms with van der Waals surface area (Å²) in [7, 11) is -0.713. The van der Waals surface area contributed by atoms with E-state index in [0.29, 0.717) is 17.9 Å².